The van der Waals surface area contributed by atoms with Crippen LogP contribution in [0.4, 0.5) is 0 Å². The van der Waals surface area contributed by atoms with Crippen molar-refractivity contribution in [2.24, 2.45) is 0 Å². The van der Waals surface area contributed by atoms with Gasteiger partial charge in [0, 0.05) is 5.56 Å². The van der Waals surface area contributed by atoms with Gasteiger partial charge in [0.2, 0.25) is 0 Å². The van der Waals surface area contributed by atoms with E-state index in [1.54, 1.807) is 20.3 Å². The highest BCUT2D eigenvalue weighted by Crippen LogP contribution is 2.38. The number of aliphatic hydroxyl groups is 1. The molecular weight excluding hydrogens is 264 g/mol. The summed E-state index contributed by atoms with van der Waals surface area (Å²) in [6, 6.07) is 0. The fourth-order valence-electron chi connectivity index (χ4n) is 2.85. The third-order valence-electron chi connectivity index (χ3n) is 4.22. The predicted molar refractivity (Wildman–Crippen MR) is 87.5 cm³/mol. The molecule has 0 saturated carbocycles. The van der Waals surface area contributed by atoms with Gasteiger partial charge >= 0.3 is 0 Å². The molecule has 0 aliphatic heterocycles. The Morgan fingerprint density at radius 3 is 2.05 bits per heavy atom. The molecule has 0 radical (unpaired) electrons. The molecule has 118 valence electrons. The summed E-state index contributed by atoms with van der Waals surface area (Å²) in [4.78, 5) is 0. The number of hydrogen-bond donors (Lipinski definition) is 1. The normalized spacial score (nSPS) is 13.7. The van der Waals surface area contributed by atoms with Crippen LogP contribution in [0.25, 0.3) is 0 Å². The fraction of sp³-hybridized carbons (Fsp3) is 0.556. The van der Waals surface area contributed by atoms with Crippen molar-refractivity contribution in [1.82, 2.24) is 0 Å². The minimum atomic E-state index is -0.745. The van der Waals surface area contributed by atoms with E-state index in [0.717, 1.165) is 40.2 Å². The third-order valence-corrected chi connectivity index (χ3v) is 4.22. The summed E-state index contributed by atoms with van der Waals surface area (Å²) in [6.07, 6.45) is 3.73. The van der Waals surface area contributed by atoms with Crippen LogP contribution in [0.2, 0.25) is 0 Å². The second-order valence-electron chi connectivity index (χ2n) is 5.91. The van der Waals surface area contributed by atoms with Gasteiger partial charge in [-0.15, -0.1) is 6.58 Å². The highest BCUT2D eigenvalue weighted by molar-refractivity contribution is 5.58. The number of rotatable bonds is 7. The van der Waals surface area contributed by atoms with E-state index >= 15 is 0 Å². The van der Waals surface area contributed by atoms with E-state index in [4.69, 9.17) is 9.47 Å². The number of hydrogen-bond acceptors (Lipinski definition) is 3. The van der Waals surface area contributed by atoms with E-state index in [0.29, 0.717) is 12.8 Å². The lowest BCUT2D eigenvalue weighted by atomic mass is 9.89. The largest absolute Gasteiger partial charge is 0.496 e. The maximum absolute atomic E-state index is 10.3. The smallest absolute Gasteiger partial charge is 0.125 e. The Kier molecular flexibility index (Phi) is 5.85. The van der Waals surface area contributed by atoms with Gasteiger partial charge in [-0.25, -0.2) is 0 Å². The van der Waals surface area contributed by atoms with Crippen LogP contribution in [0.1, 0.15) is 42.0 Å². The van der Waals surface area contributed by atoms with Crippen molar-refractivity contribution < 1.29 is 14.6 Å². The lowest BCUT2D eigenvalue weighted by Crippen LogP contribution is -2.24. The van der Waals surface area contributed by atoms with E-state index in [9.17, 15) is 5.11 Å². The minimum Gasteiger partial charge on any atom is -0.496 e. The molecule has 1 aromatic carbocycles. The van der Waals surface area contributed by atoms with E-state index < -0.39 is 5.60 Å². The predicted octanol–water partition coefficient (Wildman–Crippen LogP) is 3.89. The molecule has 3 heteroatoms. The first-order valence-electron chi connectivity index (χ1n) is 7.33. The Morgan fingerprint density at radius 2 is 1.57 bits per heavy atom. The Labute approximate surface area is 128 Å². The molecule has 0 aliphatic rings. The monoisotopic (exact) mass is 292 g/mol. The Bertz CT molecular complexity index is 516. The Morgan fingerprint density at radius 1 is 1.05 bits per heavy atom. The van der Waals surface area contributed by atoms with Crippen molar-refractivity contribution in [3.63, 3.8) is 0 Å². The van der Waals surface area contributed by atoms with Gasteiger partial charge in [-0.2, -0.15) is 0 Å². The van der Waals surface area contributed by atoms with Gasteiger partial charge in [0.25, 0.3) is 0 Å². The number of ether oxygens (including phenoxy) is 2. The fourth-order valence-corrected chi connectivity index (χ4v) is 2.85. The van der Waals surface area contributed by atoms with Gasteiger partial charge in [0.15, 0.2) is 0 Å². The van der Waals surface area contributed by atoms with Crippen LogP contribution in [0.15, 0.2) is 12.7 Å². The van der Waals surface area contributed by atoms with Crippen LogP contribution in [-0.4, -0.2) is 24.9 Å². The first kappa shape index (κ1) is 17.6. The van der Waals surface area contributed by atoms with Crippen LogP contribution in [-0.2, 0) is 6.42 Å². The van der Waals surface area contributed by atoms with Crippen molar-refractivity contribution >= 4 is 0 Å². The standard InChI is InChI=1S/C18H28O3/c1-8-10-18(5,19)11-9-15-14(4)16(20-6)12(2)13(3)17(15)21-7/h8,19H,1,9-11H2,2-7H3/t18-/m1/s1. The van der Waals surface area contributed by atoms with Crippen molar-refractivity contribution in [3.05, 3.63) is 34.9 Å². The van der Waals surface area contributed by atoms with Gasteiger partial charge in [-0.1, -0.05) is 6.08 Å². The minimum absolute atomic E-state index is 0.580. The average molecular weight is 292 g/mol. The third kappa shape index (κ3) is 3.79. The van der Waals surface area contributed by atoms with Gasteiger partial charge in [-0.05, 0) is 63.6 Å². The summed E-state index contributed by atoms with van der Waals surface area (Å²) < 4.78 is 11.1. The first-order valence-corrected chi connectivity index (χ1v) is 7.33. The Hall–Kier alpha value is -1.48. The molecule has 0 fully saturated rings. The molecule has 0 saturated heterocycles. The molecule has 0 unspecified atom stereocenters. The molecular formula is C18H28O3. The van der Waals surface area contributed by atoms with Crippen molar-refractivity contribution in [1.29, 1.82) is 0 Å². The first-order chi connectivity index (χ1) is 9.79. The van der Waals surface area contributed by atoms with Crippen LogP contribution >= 0.6 is 0 Å². The van der Waals surface area contributed by atoms with E-state index in [2.05, 4.69) is 6.58 Å². The maximum Gasteiger partial charge on any atom is 0.125 e. The number of benzene rings is 1. The molecule has 0 heterocycles. The highest BCUT2D eigenvalue weighted by Gasteiger charge is 2.23. The van der Waals surface area contributed by atoms with E-state index in [-0.39, 0.29) is 0 Å². The van der Waals surface area contributed by atoms with Gasteiger partial charge in [0.1, 0.15) is 11.5 Å². The molecule has 0 spiro atoms. The molecule has 3 nitrogen and oxygen atoms in total. The Balaban J connectivity index is 3.22. The van der Waals surface area contributed by atoms with Crippen molar-refractivity contribution in [2.45, 2.75) is 52.6 Å². The second-order valence-corrected chi connectivity index (χ2v) is 5.91. The topological polar surface area (TPSA) is 38.7 Å². The highest BCUT2D eigenvalue weighted by atomic mass is 16.5. The zero-order valence-corrected chi connectivity index (χ0v) is 14.2. The summed E-state index contributed by atoms with van der Waals surface area (Å²) in [7, 11) is 3.39. The van der Waals surface area contributed by atoms with Crippen LogP contribution in [0.5, 0.6) is 11.5 Å². The lowest BCUT2D eigenvalue weighted by Gasteiger charge is -2.25. The van der Waals surface area contributed by atoms with Crippen LogP contribution in [0.3, 0.4) is 0 Å². The van der Waals surface area contributed by atoms with Gasteiger partial charge in [0.05, 0.1) is 19.8 Å². The molecule has 1 rings (SSSR count). The molecule has 0 amide bonds. The summed E-state index contributed by atoms with van der Waals surface area (Å²) in [6.45, 7) is 11.7. The molecule has 1 N–H and O–H groups in total. The van der Waals surface area contributed by atoms with Crippen molar-refractivity contribution in [3.8, 4) is 11.5 Å². The molecule has 1 aromatic rings. The van der Waals surface area contributed by atoms with Crippen LogP contribution in [0, 0.1) is 20.8 Å². The second kappa shape index (κ2) is 6.99. The van der Waals surface area contributed by atoms with Crippen molar-refractivity contribution in [2.75, 3.05) is 14.2 Å². The van der Waals surface area contributed by atoms with Crippen LogP contribution < -0.4 is 9.47 Å². The number of methoxy groups -OCH3 is 2. The zero-order valence-electron chi connectivity index (χ0n) is 14.2. The average Bonchev–Trinajstić information content (AvgIpc) is 2.42. The molecule has 0 aliphatic carbocycles. The lowest BCUT2D eigenvalue weighted by molar-refractivity contribution is 0.0542. The van der Waals surface area contributed by atoms with E-state index in [1.165, 1.54) is 0 Å². The molecule has 1 atom stereocenters. The SMILES string of the molecule is C=CC[C@@](C)(O)CCc1c(C)c(OC)c(C)c(C)c1OC. The zero-order chi connectivity index (χ0) is 16.2. The summed E-state index contributed by atoms with van der Waals surface area (Å²) >= 11 is 0. The molecule has 21 heavy (non-hydrogen) atoms. The molecule has 0 aromatic heterocycles. The van der Waals surface area contributed by atoms with E-state index in [1.807, 2.05) is 27.7 Å². The summed E-state index contributed by atoms with van der Waals surface area (Å²) in [5, 5.41) is 10.3. The van der Waals surface area contributed by atoms with Gasteiger partial charge < -0.3 is 14.6 Å². The van der Waals surface area contributed by atoms with Gasteiger partial charge in [-0.3, -0.25) is 0 Å². The molecule has 0 bridgehead atoms. The summed E-state index contributed by atoms with van der Waals surface area (Å²) in [5.74, 6) is 1.81. The maximum atomic E-state index is 10.3. The quantitative estimate of drug-likeness (QED) is 0.775. The summed E-state index contributed by atoms with van der Waals surface area (Å²) in [5.41, 5.74) is 3.66.